The van der Waals surface area contributed by atoms with Gasteiger partial charge < -0.3 is 10.1 Å². The molecule has 0 radical (unpaired) electrons. The molecule has 11 heteroatoms. The number of pyridine rings is 1. The van der Waals surface area contributed by atoms with Crippen molar-refractivity contribution < 1.29 is 26.3 Å². The van der Waals surface area contributed by atoms with Crippen LogP contribution >= 0.6 is 12.2 Å². The fraction of sp³-hybridized carbons (Fsp3) is 0.111. The second-order valence-electron chi connectivity index (χ2n) is 5.99. The summed E-state index contributed by atoms with van der Waals surface area (Å²) in [4.78, 5) is 3.82. The third kappa shape index (κ3) is 5.40. The number of hydrogen-bond acceptors (Lipinski definition) is 5. The molecule has 0 aliphatic rings. The molecule has 6 nitrogen and oxygen atoms in total. The number of nitrogens with two attached hydrogens (primary N) is 1. The van der Waals surface area contributed by atoms with Gasteiger partial charge >= 0.3 is 6.36 Å². The van der Waals surface area contributed by atoms with Crippen molar-refractivity contribution in [3.05, 3.63) is 60.4 Å². The second kappa shape index (κ2) is 7.93. The van der Waals surface area contributed by atoms with Crippen LogP contribution in [-0.4, -0.2) is 24.8 Å². The van der Waals surface area contributed by atoms with Gasteiger partial charge in [-0.3, -0.25) is 4.98 Å². The molecule has 29 heavy (non-hydrogen) atoms. The van der Waals surface area contributed by atoms with Crippen molar-refractivity contribution >= 4 is 43.7 Å². The van der Waals surface area contributed by atoms with Crippen LogP contribution in [0.2, 0.25) is 0 Å². The predicted molar refractivity (Wildman–Crippen MR) is 106 cm³/mol. The van der Waals surface area contributed by atoms with Gasteiger partial charge in [0.25, 0.3) is 0 Å². The summed E-state index contributed by atoms with van der Waals surface area (Å²) in [6.07, 6.45) is -1.47. The molecule has 0 saturated heterocycles. The van der Waals surface area contributed by atoms with Crippen molar-refractivity contribution in [1.29, 1.82) is 0 Å². The minimum absolute atomic E-state index is 0.160. The Kier molecular flexibility index (Phi) is 5.73. The standard InChI is InChI=1S/C18H14F3N3O3S2/c19-18(20,21)27-16-5-4-13(29(22,25)26)9-15(16)24-17(28)8-11-2-1-3-12-10-23-7-6-14(11)12/h1-7,9-10H,8H2,(H,24,28)(H2,22,25,26). The van der Waals surface area contributed by atoms with Crippen molar-refractivity contribution in [2.45, 2.75) is 17.7 Å². The molecule has 3 rings (SSSR count). The van der Waals surface area contributed by atoms with Crippen LogP contribution in [-0.2, 0) is 16.4 Å². The number of halogens is 3. The van der Waals surface area contributed by atoms with Crippen molar-refractivity contribution in [3.63, 3.8) is 0 Å². The van der Waals surface area contributed by atoms with Gasteiger partial charge in [-0.2, -0.15) is 0 Å². The highest BCUT2D eigenvalue weighted by atomic mass is 32.2. The van der Waals surface area contributed by atoms with Crippen LogP contribution in [0, 0.1) is 0 Å². The molecule has 0 spiro atoms. The number of nitrogens with zero attached hydrogens (tertiary/aromatic N) is 1. The van der Waals surface area contributed by atoms with Crippen molar-refractivity contribution in [2.75, 3.05) is 5.32 Å². The third-order valence-corrected chi connectivity index (χ3v) is 5.06. The second-order valence-corrected chi connectivity index (χ2v) is 8.04. The first-order chi connectivity index (χ1) is 13.5. The zero-order valence-electron chi connectivity index (χ0n) is 14.6. The van der Waals surface area contributed by atoms with Gasteiger partial charge in [0.2, 0.25) is 10.0 Å². The fourth-order valence-electron chi connectivity index (χ4n) is 2.71. The van der Waals surface area contributed by atoms with E-state index in [0.717, 1.165) is 34.5 Å². The van der Waals surface area contributed by atoms with Gasteiger partial charge in [-0.05, 0) is 35.2 Å². The zero-order valence-corrected chi connectivity index (χ0v) is 16.2. The Morgan fingerprint density at radius 2 is 1.97 bits per heavy atom. The topological polar surface area (TPSA) is 94.3 Å². The molecule has 0 bridgehead atoms. The van der Waals surface area contributed by atoms with Crippen LogP contribution in [0.4, 0.5) is 18.9 Å². The number of anilines is 1. The van der Waals surface area contributed by atoms with Gasteiger partial charge in [0, 0.05) is 24.2 Å². The first kappa shape index (κ1) is 21.0. The summed E-state index contributed by atoms with van der Waals surface area (Å²) in [5, 5.41) is 9.46. The van der Waals surface area contributed by atoms with Crippen LogP contribution in [0.1, 0.15) is 5.56 Å². The molecule has 3 aromatic rings. The van der Waals surface area contributed by atoms with E-state index in [1.54, 1.807) is 18.5 Å². The van der Waals surface area contributed by atoms with Crippen molar-refractivity contribution in [1.82, 2.24) is 4.98 Å². The molecule has 0 aliphatic carbocycles. The first-order valence-corrected chi connectivity index (χ1v) is 10.0. The van der Waals surface area contributed by atoms with E-state index in [1.165, 1.54) is 0 Å². The molecule has 152 valence electrons. The normalized spacial score (nSPS) is 12.0. The number of hydrogen-bond donors (Lipinski definition) is 2. The van der Waals surface area contributed by atoms with Gasteiger partial charge in [-0.25, -0.2) is 13.6 Å². The predicted octanol–water partition coefficient (Wildman–Crippen LogP) is 3.76. The highest BCUT2D eigenvalue weighted by molar-refractivity contribution is 7.89. The quantitative estimate of drug-likeness (QED) is 0.586. The van der Waals surface area contributed by atoms with Gasteiger partial charge in [0.1, 0.15) is 0 Å². The third-order valence-electron chi connectivity index (χ3n) is 3.90. The van der Waals surface area contributed by atoms with Gasteiger partial charge in [-0.15, -0.1) is 13.2 Å². The van der Waals surface area contributed by atoms with E-state index >= 15 is 0 Å². The highest BCUT2D eigenvalue weighted by Crippen LogP contribution is 2.32. The van der Waals surface area contributed by atoms with E-state index in [2.05, 4.69) is 15.0 Å². The van der Waals surface area contributed by atoms with E-state index in [0.29, 0.717) is 0 Å². The fourth-order valence-corrected chi connectivity index (χ4v) is 3.51. The number of sulfonamides is 1. The number of primary sulfonamides is 1. The Morgan fingerprint density at radius 1 is 1.21 bits per heavy atom. The zero-order chi connectivity index (χ0) is 21.2. The molecule has 1 aromatic heterocycles. The van der Waals surface area contributed by atoms with Crippen LogP contribution in [0.5, 0.6) is 5.75 Å². The van der Waals surface area contributed by atoms with E-state index in [4.69, 9.17) is 17.4 Å². The number of alkyl halides is 3. The summed E-state index contributed by atoms with van der Waals surface area (Å²) in [7, 11) is -4.14. The molecule has 3 N–H and O–H groups in total. The summed E-state index contributed by atoms with van der Waals surface area (Å²) in [5.41, 5.74) is 0.559. The Hall–Kier alpha value is -2.76. The summed E-state index contributed by atoms with van der Waals surface area (Å²) in [5.74, 6) is -0.630. The van der Waals surface area contributed by atoms with E-state index < -0.39 is 22.1 Å². The van der Waals surface area contributed by atoms with Gasteiger partial charge in [0.15, 0.2) is 5.75 Å². The molecule has 0 saturated carbocycles. The van der Waals surface area contributed by atoms with Crippen molar-refractivity contribution in [3.8, 4) is 5.75 Å². The number of fused-ring (bicyclic) bond motifs is 1. The Balaban J connectivity index is 1.91. The number of nitrogens with one attached hydrogen (secondary N) is 1. The molecular weight excluding hydrogens is 427 g/mol. The summed E-state index contributed by atoms with van der Waals surface area (Å²) < 4.78 is 65.1. The maximum atomic E-state index is 12.7. The van der Waals surface area contributed by atoms with E-state index in [9.17, 15) is 21.6 Å². The largest absolute Gasteiger partial charge is 0.573 e. The lowest BCUT2D eigenvalue weighted by atomic mass is 10.0. The smallest absolute Gasteiger partial charge is 0.404 e. The van der Waals surface area contributed by atoms with E-state index in [1.807, 2.05) is 18.2 Å². The Morgan fingerprint density at radius 3 is 2.66 bits per heavy atom. The molecular formula is C18H14F3N3O3S2. The van der Waals surface area contributed by atoms with Crippen LogP contribution in [0.25, 0.3) is 10.8 Å². The molecule has 0 aliphatic heterocycles. The number of aromatic nitrogens is 1. The molecule has 0 unspecified atom stereocenters. The lowest BCUT2D eigenvalue weighted by molar-refractivity contribution is -0.274. The average Bonchev–Trinajstić information content (AvgIpc) is 2.61. The van der Waals surface area contributed by atoms with Crippen LogP contribution < -0.4 is 15.2 Å². The maximum absolute atomic E-state index is 12.7. The minimum atomic E-state index is -4.97. The number of benzene rings is 2. The SMILES string of the molecule is NS(=O)(=O)c1ccc(OC(F)(F)F)c(NC(=S)Cc2cccc3cnccc23)c1. The summed E-state index contributed by atoms with van der Waals surface area (Å²) in [6.45, 7) is 0. The summed E-state index contributed by atoms with van der Waals surface area (Å²) >= 11 is 5.27. The number of rotatable bonds is 5. The number of ether oxygens (including phenoxy) is 1. The monoisotopic (exact) mass is 441 g/mol. The van der Waals surface area contributed by atoms with Crippen LogP contribution in [0.15, 0.2) is 59.8 Å². The summed E-state index contributed by atoms with van der Waals surface area (Å²) in [6, 6.07) is 10.0. The van der Waals surface area contributed by atoms with Gasteiger partial charge in [0.05, 0.1) is 15.6 Å². The molecule has 0 amide bonds. The molecule has 1 heterocycles. The highest BCUT2D eigenvalue weighted by Gasteiger charge is 2.32. The molecule has 0 atom stereocenters. The maximum Gasteiger partial charge on any atom is 0.573 e. The molecule has 2 aromatic carbocycles. The van der Waals surface area contributed by atoms with Crippen molar-refractivity contribution in [2.24, 2.45) is 5.14 Å². The number of thiocarbonyl (C=S) groups is 1. The first-order valence-electron chi connectivity index (χ1n) is 8.07. The minimum Gasteiger partial charge on any atom is -0.404 e. The lowest BCUT2D eigenvalue weighted by Gasteiger charge is -2.16. The average molecular weight is 441 g/mol. The van der Waals surface area contributed by atoms with Crippen LogP contribution in [0.3, 0.4) is 0 Å². The lowest BCUT2D eigenvalue weighted by Crippen LogP contribution is -2.20. The van der Waals surface area contributed by atoms with Gasteiger partial charge in [-0.1, -0.05) is 30.4 Å². The Labute approximate surface area is 169 Å². The van der Waals surface area contributed by atoms with E-state index in [-0.39, 0.29) is 22.0 Å². The Bertz CT molecular complexity index is 1180. The molecule has 0 fully saturated rings.